The lowest BCUT2D eigenvalue weighted by atomic mass is 9.93. The van der Waals surface area contributed by atoms with Crippen molar-refractivity contribution in [3.05, 3.63) is 70.7 Å². The third kappa shape index (κ3) is 1.83. The molecule has 0 spiro atoms. The molecule has 21 heavy (non-hydrogen) atoms. The van der Waals surface area contributed by atoms with Crippen LogP contribution in [0, 0.1) is 6.92 Å². The van der Waals surface area contributed by atoms with E-state index in [4.69, 9.17) is 4.42 Å². The number of nitrogens with one attached hydrogen (secondary N) is 1. The molecule has 1 aromatic heterocycles. The first kappa shape index (κ1) is 12.7. The Bertz CT molecular complexity index is 805. The number of furan rings is 1. The first-order chi connectivity index (χ1) is 10.3. The molecule has 1 aliphatic carbocycles. The number of hydrogen-bond donors (Lipinski definition) is 1. The van der Waals surface area contributed by atoms with Crippen LogP contribution in [0.3, 0.4) is 0 Å². The van der Waals surface area contributed by atoms with Crippen molar-refractivity contribution in [1.29, 1.82) is 0 Å². The van der Waals surface area contributed by atoms with E-state index in [1.807, 2.05) is 13.1 Å². The lowest BCUT2D eigenvalue weighted by Crippen LogP contribution is -2.18. The van der Waals surface area contributed by atoms with Crippen LogP contribution in [-0.2, 0) is 12.8 Å². The summed E-state index contributed by atoms with van der Waals surface area (Å²) in [4.78, 5) is 0. The van der Waals surface area contributed by atoms with Crippen LogP contribution in [0.1, 0.15) is 34.1 Å². The van der Waals surface area contributed by atoms with Crippen LogP contribution >= 0.6 is 0 Å². The molecular weight excluding hydrogens is 258 g/mol. The summed E-state index contributed by atoms with van der Waals surface area (Å²) in [6, 6.07) is 13.4. The largest absolute Gasteiger partial charge is 0.467 e. The van der Waals surface area contributed by atoms with Crippen LogP contribution < -0.4 is 5.32 Å². The molecule has 2 aromatic carbocycles. The van der Waals surface area contributed by atoms with Crippen molar-refractivity contribution >= 4 is 10.8 Å². The summed E-state index contributed by atoms with van der Waals surface area (Å²) in [7, 11) is 2.00. The summed E-state index contributed by atoms with van der Waals surface area (Å²) in [5.41, 5.74) is 5.46. The Kier molecular flexibility index (Phi) is 2.86. The minimum absolute atomic E-state index is 0.102. The summed E-state index contributed by atoms with van der Waals surface area (Å²) in [6.07, 6.45) is 4.11. The molecule has 0 saturated carbocycles. The molecular formula is C19H19NO. The summed E-state index contributed by atoms with van der Waals surface area (Å²) in [5, 5.41) is 6.24. The summed E-state index contributed by atoms with van der Waals surface area (Å²) in [6.45, 7) is 2.10. The molecule has 1 unspecified atom stereocenters. The first-order valence-electron chi connectivity index (χ1n) is 7.54. The van der Waals surface area contributed by atoms with Crippen molar-refractivity contribution in [1.82, 2.24) is 5.32 Å². The molecule has 0 fully saturated rings. The molecule has 1 atom stereocenters. The summed E-state index contributed by atoms with van der Waals surface area (Å²) in [5.74, 6) is 1.01. The maximum atomic E-state index is 5.73. The molecule has 4 rings (SSSR count). The zero-order chi connectivity index (χ0) is 14.4. The van der Waals surface area contributed by atoms with E-state index in [2.05, 4.69) is 42.6 Å². The Balaban J connectivity index is 1.97. The molecule has 0 aliphatic heterocycles. The zero-order valence-corrected chi connectivity index (χ0v) is 12.4. The van der Waals surface area contributed by atoms with Gasteiger partial charge in [-0.1, -0.05) is 30.3 Å². The summed E-state index contributed by atoms with van der Waals surface area (Å²) < 4.78 is 5.73. The van der Waals surface area contributed by atoms with Crippen LogP contribution in [0.4, 0.5) is 0 Å². The van der Waals surface area contributed by atoms with Gasteiger partial charge in [-0.05, 0) is 65.9 Å². The minimum Gasteiger partial charge on any atom is -0.467 e. The third-order valence-electron chi connectivity index (χ3n) is 4.67. The fourth-order valence-electron chi connectivity index (χ4n) is 3.63. The SMILES string of the molecule is CNC(c1occc1C)c1ccc2c3c(cccc13)CC2. The minimum atomic E-state index is 0.102. The predicted molar refractivity (Wildman–Crippen MR) is 85.7 cm³/mol. The molecule has 0 amide bonds. The van der Waals surface area contributed by atoms with Gasteiger partial charge in [0.25, 0.3) is 0 Å². The Morgan fingerprint density at radius 2 is 1.86 bits per heavy atom. The molecule has 2 nitrogen and oxygen atoms in total. The van der Waals surface area contributed by atoms with Gasteiger partial charge < -0.3 is 9.73 Å². The first-order valence-corrected chi connectivity index (χ1v) is 7.54. The number of benzene rings is 2. The molecule has 0 saturated heterocycles. The van der Waals surface area contributed by atoms with E-state index in [9.17, 15) is 0 Å². The van der Waals surface area contributed by atoms with Gasteiger partial charge in [0.05, 0.1) is 12.3 Å². The van der Waals surface area contributed by atoms with Crippen molar-refractivity contribution in [2.24, 2.45) is 0 Å². The van der Waals surface area contributed by atoms with E-state index in [0.717, 1.165) is 5.76 Å². The lowest BCUT2D eigenvalue weighted by Gasteiger charge is -2.18. The van der Waals surface area contributed by atoms with Gasteiger partial charge in [0.2, 0.25) is 0 Å². The van der Waals surface area contributed by atoms with Gasteiger partial charge in [0.1, 0.15) is 5.76 Å². The molecule has 1 N–H and O–H groups in total. The van der Waals surface area contributed by atoms with Crippen molar-refractivity contribution in [2.45, 2.75) is 25.8 Å². The second kappa shape index (κ2) is 4.74. The summed E-state index contributed by atoms with van der Waals surface area (Å²) >= 11 is 0. The molecule has 1 heterocycles. The fraction of sp³-hybridized carbons (Fsp3) is 0.263. The molecule has 3 aromatic rings. The van der Waals surface area contributed by atoms with E-state index in [1.54, 1.807) is 6.26 Å². The number of aryl methyl sites for hydroxylation is 3. The van der Waals surface area contributed by atoms with Crippen LogP contribution in [-0.4, -0.2) is 7.05 Å². The predicted octanol–water partition coefficient (Wildman–Crippen LogP) is 4.15. The van der Waals surface area contributed by atoms with Gasteiger partial charge in [0.15, 0.2) is 0 Å². The maximum absolute atomic E-state index is 5.73. The molecule has 1 aliphatic rings. The van der Waals surface area contributed by atoms with E-state index >= 15 is 0 Å². The molecule has 0 bridgehead atoms. The molecule has 0 radical (unpaired) electrons. The van der Waals surface area contributed by atoms with Crippen molar-refractivity contribution in [3.8, 4) is 0 Å². The Morgan fingerprint density at radius 3 is 2.57 bits per heavy atom. The highest BCUT2D eigenvalue weighted by Crippen LogP contribution is 2.37. The second-order valence-corrected chi connectivity index (χ2v) is 5.84. The topological polar surface area (TPSA) is 25.2 Å². The average Bonchev–Trinajstić information content (AvgIpc) is 3.11. The lowest BCUT2D eigenvalue weighted by molar-refractivity contribution is 0.461. The van der Waals surface area contributed by atoms with Gasteiger partial charge in [-0.25, -0.2) is 0 Å². The van der Waals surface area contributed by atoms with Gasteiger partial charge in [-0.2, -0.15) is 0 Å². The van der Waals surface area contributed by atoms with Crippen LogP contribution in [0.2, 0.25) is 0 Å². The van der Waals surface area contributed by atoms with Gasteiger partial charge >= 0.3 is 0 Å². The van der Waals surface area contributed by atoms with Crippen molar-refractivity contribution < 1.29 is 4.42 Å². The van der Waals surface area contributed by atoms with Crippen molar-refractivity contribution in [3.63, 3.8) is 0 Å². The normalized spacial score (nSPS) is 14.8. The molecule has 2 heteroatoms. The number of hydrogen-bond acceptors (Lipinski definition) is 2. The van der Waals surface area contributed by atoms with E-state index < -0.39 is 0 Å². The van der Waals surface area contributed by atoms with Crippen LogP contribution in [0.25, 0.3) is 10.8 Å². The van der Waals surface area contributed by atoms with Crippen LogP contribution in [0.5, 0.6) is 0 Å². The highest BCUT2D eigenvalue weighted by atomic mass is 16.3. The van der Waals surface area contributed by atoms with Crippen molar-refractivity contribution in [2.75, 3.05) is 7.05 Å². The average molecular weight is 277 g/mol. The van der Waals surface area contributed by atoms with E-state index in [1.165, 1.54) is 45.9 Å². The Hall–Kier alpha value is -2.06. The highest BCUT2D eigenvalue weighted by Gasteiger charge is 2.23. The van der Waals surface area contributed by atoms with Crippen LogP contribution in [0.15, 0.2) is 47.1 Å². The number of rotatable bonds is 3. The maximum Gasteiger partial charge on any atom is 0.128 e. The van der Waals surface area contributed by atoms with E-state index in [-0.39, 0.29) is 6.04 Å². The Labute approximate surface area is 124 Å². The fourth-order valence-corrected chi connectivity index (χ4v) is 3.63. The van der Waals surface area contributed by atoms with Gasteiger partial charge in [-0.15, -0.1) is 0 Å². The smallest absolute Gasteiger partial charge is 0.128 e. The third-order valence-corrected chi connectivity index (χ3v) is 4.67. The van der Waals surface area contributed by atoms with Gasteiger partial charge in [-0.3, -0.25) is 0 Å². The monoisotopic (exact) mass is 277 g/mol. The molecule has 106 valence electrons. The highest BCUT2D eigenvalue weighted by molar-refractivity contribution is 5.93. The standard InChI is InChI=1S/C19H19NO/c1-12-10-11-21-19(12)18(20-2)16-9-8-14-7-6-13-4-3-5-15(16)17(13)14/h3-5,8-11,18,20H,6-7H2,1-2H3. The Morgan fingerprint density at radius 1 is 1.05 bits per heavy atom. The van der Waals surface area contributed by atoms with E-state index in [0.29, 0.717) is 0 Å². The second-order valence-electron chi connectivity index (χ2n) is 5.84. The van der Waals surface area contributed by atoms with Gasteiger partial charge in [0, 0.05) is 0 Å². The quantitative estimate of drug-likeness (QED) is 0.778. The zero-order valence-electron chi connectivity index (χ0n) is 12.4.